The quantitative estimate of drug-likeness (QED) is 0.747. The molecule has 0 radical (unpaired) electrons. The van der Waals surface area contributed by atoms with Gasteiger partial charge in [0.2, 0.25) is 5.91 Å². The van der Waals surface area contributed by atoms with Gasteiger partial charge in [-0.3, -0.25) is 14.5 Å². The minimum Gasteiger partial charge on any atom is -0.326 e. The molecule has 2 aromatic rings. The average Bonchev–Trinajstić information content (AvgIpc) is 2.69. The van der Waals surface area contributed by atoms with E-state index in [0.29, 0.717) is 24.2 Å². The van der Waals surface area contributed by atoms with Gasteiger partial charge in [0.1, 0.15) is 5.82 Å². The van der Waals surface area contributed by atoms with Crippen molar-refractivity contribution in [2.75, 3.05) is 45.1 Å². The predicted molar refractivity (Wildman–Crippen MR) is 108 cm³/mol. The van der Waals surface area contributed by atoms with Gasteiger partial charge >= 0.3 is 0 Å². The van der Waals surface area contributed by atoms with Crippen LogP contribution in [0.3, 0.4) is 0 Å². The largest absolute Gasteiger partial charge is 0.326 e. The van der Waals surface area contributed by atoms with E-state index in [1.54, 1.807) is 36.4 Å². The number of nitrogens with zero attached hydrogens (tertiary/aromatic N) is 2. The summed E-state index contributed by atoms with van der Waals surface area (Å²) in [6.07, 6.45) is 0.749. The third-order valence-electron chi connectivity index (χ3n) is 4.98. The first-order chi connectivity index (χ1) is 13.5. The number of rotatable bonds is 7. The summed E-state index contributed by atoms with van der Waals surface area (Å²) in [7, 11) is 2.09. The number of carbonyl (C=O) groups excluding carboxylic acids is 2. The standard InChI is InChI=1S/C22H26FN3O2/c1-25-11-13-26(14-12-25)16-21(27)18-6-8-20(9-7-18)24-22(28)10-5-17-3-2-4-19(23)15-17/h2-4,6-9,15H,5,10-14,16H2,1H3,(H,24,28). The third kappa shape index (κ3) is 5.97. The highest BCUT2D eigenvalue weighted by Gasteiger charge is 2.17. The molecule has 3 rings (SSSR count). The summed E-state index contributed by atoms with van der Waals surface area (Å²) in [5.41, 5.74) is 2.09. The number of carbonyl (C=O) groups is 2. The normalized spacial score (nSPS) is 15.4. The second kappa shape index (κ2) is 9.57. The summed E-state index contributed by atoms with van der Waals surface area (Å²) in [5, 5.41) is 2.82. The Bertz CT molecular complexity index is 815. The van der Waals surface area contributed by atoms with E-state index >= 15 is 0 Å². The van der Waals surface area contributed by atoms with E-state index < -0.39 is 0 Å². The molecule has 0 atom stereocenters. The predicted octanol–water partition coefficient (Wildman–Crippen LogP) is 2.83. The molecule has 1 N–H and O–H groups in total. The van der Waals surface area contributed by atoms with Crippen LogP contribution in [-0.4, -0.2) is 61.3 Å². The van der Waals surface area contributed by atoms with E-state index in [0.717, 1.165) is 31.7 Å². The minimum absolute atomic E-state index is 0.0912. The first-order valence-electron chi connectivity index (χ1n) is 9.58. The molecule has 28 heavy (non-hydrogen) atoms. The van der Waals surface area contributed by atoms with Crippen molar-refractivity contribution in [3.8, 4) is 0 Å². The molecule has 2 aromatic carbocycles. The van der Waals surface area contributed by atoms with Crippen LogP contribution in [-0.2, 0) is 11.2 Å². The Kier molecular flexibility index (Phi) is 6.90. The number of halogens is 1. The summed E-state index contributed by atoms with van der Waals surface area (Å²) in [6.45, 7) is 4.19. The second-order valence-electron chi connectivity index (χ2n) is 7.26. The molecule has 1 aliphatic rings. The van der Waals surface area contributed by atoms with Crippen molar-refractivity contribution in [1.82, 2.24) is 9.80 Å². The lowest BCUT2D eigenvalue weighted by atomic mass is 10.1. The number of aryl methyl sites for hydroxylation is 1. The highest BCUT2D eigenvalue weighted by Crippen LogP contribution is 2.13. The number of anilines is 1. The van der Waals surface area contributed by atoms with Crippen molar-refractivity contribution < 1.29 is 14.0 Å². The van der Waals surface area contributed by atoms with Crippen LogP contribution in [0.2, 0.25) is 0 Å². The van der Waals surface area contributed by atoms with Gasteiger partial charge in [0.05, 0.1) is 6.54 Å². The van der Waals surface area contributed by atoms with Gasteiger partial charge in [-0.05, 0) is 55.4 Å². The molecule has 1 saturated heterocycles. The number of nitrogens with one attached hydrogen (secondary N) is 1. The van der Waals surface area contributed by atoms with E-state index in [2.05, 4.69) is 22.2 Å². The van der Waals surface area contributed by atoms with Gasteiger partial charge < -0.3 is 10.2 Å². The molecule has 1 fully saturated rings. The zero-order chi connectivity index (χ0) is 19.9. The van der Waals surface area contributed by atoms with Crippen molar-refractivity contribution in [1.29, 1.82) is 0 Å². The molecule has 1 heterocycles. The SMILES string of the molecule is CN1CCN(CC(=O)c2ccc(NC(=O)CCc3cccc(F)c3)cc2)CC1. The van der Waals surface area contributed by atoms with Crippen molar-refractivity contribution in [3.63, 3.8) is 0 Å². The van der Waals surface area contributed by atoms with Crippen LogP contribution in [0, 0.1) is 5.82 Å². The molecule has 0 aromatic heterocycles. The summed E-state index contributed by atoms with van der Waals surface area (Å²) >= 11 is 0. The van der Waals surface area contributed by atoms with E-state index in [9.17, 15) is 14.0 Å². The molecule has 1 aliphatic heterocycles. The summed E-state index contributed by atoms with van der Waals surface area (Å²) in [6, 6.07) is 13.3. The van der Waals surface area contributed by atoms with Crippen molar-refractivity contribution in [3.05, 3.63) is 65.5 Å². The maximum Gasteiger partial charge on any atom is 0.224 e. The van der Waals surface area contributed by atoms with E-state index in [-0.39, 0.29) is 23.9 Å². The fourth-order valence-corrected chi connectivity index (χ4v) is 3.21. The molecular weight excluding hydrogens is 357 g/mol. The summed E-state index contributed by atoms with van der Waals surface area (Å²) in [5.74, 6) is -0.343. The maximum atomic E-state index is 13.2. The van der Waals surface area contributed by atoms with Gasteiger partial charge in [0.25, 0.3) is 0 Å². The number of ketones is 1. The lowest BCUT2D eigenvalue weighted by Crippen LogP contribution is -2.46. The van der Waals surface area contributed by atoms with Gasteiger partial charge in [-0.2, -0.15) is 0 Å². The Morgan fingerprint density at radius 2 is 1.75 bits per heavy atom. The highest BCUT2D eigenvalue weighted by molar-refractivity contribution is 5.98. The maximum absolute atomic E-state index is 13.2. The topological polar surface area (TPSA) is 52.6 Å². The zero-order valence-corrected chi connectivity index (χ0v) is 16.2. The molecule has 0 unspecified atom stereocenters. The molecule has 148 valence electrons. The van der Waals surface area contributed by atoms with Gasteiger partial charge in [0, 0.05) is 43.9 Å². The molecule has 0 aliphatic carbocycles. The fraction of sp³-hybridized carbons (Fsp3) is 0.364. The summed E-state index contributed by atoms with van der Waals surface area (Å²) < 4.78 is 13.2. The van der Waals surface area contributed by atoms with Crippen LogP contribution in [0.4, 0.5) is 10.1 Å². The van der Waals surface area contributed by atoms with Crippen LogP contribution in [0.15, 0.2) is 48.5 Å². The molecule has 0 bridgehead atoms. The minimum atomic E-state index is -0.297. The number of hydrogen-bond acceptors (Lipinski definition) is 4. The highest BCUT2D eigenvalue weighted by atomic mass is 19.1. The lowest BCUT2D eigenvalue weighted by Gasteiger charge is -2.31. The molecule has 1 amide bonds. The number of hydrogen-bond donors (Lipinski definition) is 1. The first-order valence-corrected chi connectivity index (χ1v) is 9.58. The monoisotopic (exact) mass is 383 g/mol. The van der Waals surface area contributed by atoms with Gasteiger partial charge in [-0.15, -0.1) is 0 Å². The zero-order valence-electron chi connectivity index (χ0n) is 16.2. The average molecular weight is 383 g/mol. The van der Waals surface area contributed by atoms with E-state index in [1.165, 1.54) is 12.1 Å². The number of piperazine rings is 1. The Hall–Kier alpha value is -2.57. The molecular formula is C22H26FN3O2. The van der Waals surface area contributed by atoms with Crippen molar-refractivity contribution in [2.24, 2.45) is 0 Å². The van der Waals surface area contributed by atoms with Crippen molar-refractivity contribution >= 4 is 17.4 Å². The van der Waals surface area contributed by atoms with E-state index in [4.69, 9.17) is 0 Å². The van der Waals surface area contributed by atoms with Crippen LogP contribution >= 0.6 is 0 Å². The van der Waals surface area contributed by atoms with E-state index in [1.807, 2.05) is 0 Å². The van der Waals surface area contributed by atoms with Gasteiger partial charge in [0.15, 0.2) is 5.78 Å². The number of amides is 1. The van der Waals surface area contributed by atoms with Gasteiger partial charge in [-0.25, -0.2) is 4.39 Å². The number of Topliss-reactive ketones (excluding diaryl/α,β-unsaturated/α-hetero) is 1. The Labute approximate surface area is 165 Å². The number of benzene rings is 2. The van der Waals surface area contributed by atoms with Crippen LogP contribution in [0.1, 0.15) is 22.3 Å². The Morgan fingerprint density at radius 3 is 2.43 bits per heavy atom. The lowest BCUT2D eigenvalue weighted by molar-refractivity contribution is -0.116. The van der Waals surface area contributed by atoms with Crippen LogP contribution < -0.4 is 5.32 Å². The van der Waals surface area contributed by atoms with Crippen LogP contribution in [0.5, 0.6) is 0 Å². The smallest absolute Gasteiger partial charge is 0.224 e. The van der Waals surface area contributed by atoms with Crippen molar-refractivity contribution in [2.45, 2.75) is 12.8 Å². The molecule has 5 nitrogen and oxygen atoms in total. The Balaban J connectivity index is 1.47. The molecule has 0 saturated carbocycles. The first kappa shape index (κ1) is 20.2. The van der Waals surface area contributed by atoms with Crippen LogP contribution in [0.25, 0.3) is 0 Å². The fourth-order valence-electron chi connectivity index (χ4n) is 3.21. The second-order valence-corrected chi connectivity index (χ2v) is 7.26. The summed E-state index contributed by atoms with van der Waals surface area (Å²) in [4.78, 5) is 29.0. The number of likely N-dealkylation sites (N-methyl/N-ethyl adjacent to an activating group) is 1. The molecule has 0 spiro atoms. The molecule has 6 heteroatoms. The van der Waals surface area contributed by atoms with Gasteiger partial charge in [-0.1, -0.05) is 12.1 Å². The third-order valence-corrected chi connectivity index (χ3v) is 4.98. The Morgan fingerprint density at radius 1 is 1.04 bits per heavy atom.